The number of fused-ring (bicyclic) bond motifs is 1. The van der Waals surface area contributed by atoms with Crippen molar-refractivity contribution >= 4 is 46.4 Å². The molecule has 0 unspecified atom stereocenters. The minimum atomic E-state index is -1.05. The topological polar surface area (TPSA) is 84.4 Å². The fourth-order valence-electron chi connectivity index (χ4n) is 3.63. The molecule has 0 aliphatic carbocycles. The van der Waals surface area contributed by atoms with Gasteiger partial charge in [0.25, 0.3) is 0 Å². The van der Waals surface area contributed by atoms with Crippen LogP contribution in [0.15, 0.2) is 83.4 Å². The van der Waals surface area contributed by atoms with Crippen molar-refractivity contribution in [1.29, 1.82) is 0 Å². The number of nitrogens with one attached hydrogen (secondary N) is 1. The number of aliphatic carboxylic acids is 1. The van der Waals surface area contributed by atoms with Crippen molar-refractivity contribution in [1.82, 2.24) is 9.97 Å². The summed E-state index contributed by atoms with van der Waals surface area (Å²) in [5, 5.41) is 11.0. The quantitative estimate of drug-likeness (QED) is 0.124. The Bertz CT molecular complexity index is 1400. The Hall–Kier alpha value is -3.68. The molecular formula is C28H25ClN2O4S. The number of ether oxygens (including phenoxy) is 2. The number of nitrogens with zero attached hydrogens (tertiary/aromatic N) is 1. The van der Waals surface area contributed by atoms with Crippen LogP contribution >= 0.6 is 23.4 Å². The number of allylic oxidation sites excluding steroid dienone is 1. The highest BCUT2D eigenvalue weighted by Crippen LogP contribution is 2.37. The molecule has 0 atom stereocenters. The van der Waals surface area contributed by atoms with Gasteiger partial charge in [0, 0.05) is 16.1 Å². The van der Waals surface area contributed by atoms with Gasteiger partial charge in [0.1, 0.15) is 11.5 Å². The van der Waals surface area contributed by atoms with E-state index in [1.165, 1.54) is 0 Å². The monoisotopic (exact) mass is 520 g/mol. The Morgan fingerprint density at radius 2 is 1.92 bits per heavy atom. The Morgan fingerprint density at radius 1 is 1.14 bits per heavy atom. The number of hydrogen-bond acceptors (Lipinski definition) is 5. The molecule has 1 heterocycles. The van der Waals surface area contributed by atoms with Gasteiger partial charge in [-0.25, -0.2) is 9.78 Å². The van der Waals surface area contributed by atoms with Gasteiger partial charge in [-0.15, -0.1) is 6.58 Å². The maximum absolute atomic E-state index is 12.1. The fourth-order valence-corrected chi connectivity index (χ4v) is 4.62. The Balaban J connectivity index is 1.68. The van der Waals surface area contributed by atoms with Crippen LogP contribution in [0.25, 0.3) is 17.1 Å². The van der Waals surface area contributed by atoms with Crippen LogP contribution in [0.2, 0.25) is 5.02 Å². The number of H-pyrrole nitrogens is 1. The molecule has 0 aliphatic rings. The van der Waals surface area contributed by atoms with Crippen LogP contribution in [0.3, 0.4) is 0 Å². The number of hydrogen-bond donors (Lipinski definition) is 2. The van der Waals surface area contributed by atoms with Gasteiger partial charge in [0.05, 0.1) is 17.6 Å². The van der Waals surface area contributed by atoms with Crippen molar-refractivity contribution in [2.24, 2.45) is 0 Å². The number of aromatic amines is 1. The summed E-state index contributed by atoms with van der Waals surface area (Å²) in [5.74, 6) is 0.0481. The maximum Gasteiger partial charge on any atom is 0.342 e. The third-order valence-corrected chi connectivity index (χ3v) is 6.50. The second-order valence-corrected chi connectivity index (χ2v) is 9.23. The Morgan fingerprint density at radius 3 is 2.64 bits per heavy atom. The molecule has 0 fully saturated rings. The average molecular weight is 521 g/mol. The summed E-state index contributed by atoms with van der Waals surface area (Å²) in [5.41, 5.74) is 3.97. The van der Waals surface area contributed by atoms with Gasteiger partial charge in [-0.2, -0.15) is 0 Å². The second-order valence-electron chi connectivity index (χ2n) is 7.79. The molecule has 184 valence electrons. The molecule has 3 aromatic carbocycles. The first-order valence-electron chi connectivity index (χ1n) is 11.3. The molecule has 0 bridgehead atoms. The van der Waals surface area contributed by atoms with Crippen LogP contribution in [-0.2, 0) is 17.8 Å². The number of carboxylic acid groups (broad SMARTS) is 1. The van der Waals surface area contributed by atoms with Gasteiger partial charge in [0.2, 0.25) is 0 Å². The zero-order chi connectivity index (χ0) is 25.5. The van der Waals surface area contributed by atoms with E-state index in [-0.39, 0.29) is 11.5 Å². The van der Waals surface area contributed by atoms with E-state index in [0.717, 1.165) is 33.9 Å². The standard InChI is InChI=1S/C28H25ClN2O4S/c1-3-9-19-14-18(15-24(34-4-2)26(19)35-17-20-10-5-6-11-21(20)29)16-25(27(32)33)36-28-30-22-12-7-8-13-23(22)31-28/h3,5-8,10-16H,1,4,9,17H2,2H3,(H,30,31)(H,32,33)/b25-16+. The number of halogens is 1. The van der Waals surface area contributed by atoms with E-state index in [1.54, 1.807) is 18.2 Å². The van der Waals surface area contributed by atoms with Gasteiger partial charge in [-0.05, 0) is 67.1 Å². The molecule has 0 saturated carbocycles. The van der Waals surface area contributed by atoms with Crippen LogP contribution in [-0.4, -0.2) is 27.7 Å². The van der Waals surface area contributed by atoms with E-state index in [2.05, 4.69) is 16.5 Å². The van der Waals surface area contributed by atoms with Crippen molar-refractivity contribution in [3.63, 3.8) is 0 Å². The number of para-hydroxylation sites is 2. The molecule has 8 heteroatoms. The van der Waals surface area contributed by atoms with Gasteiger partial charge in [-0.1, -0.05) is 48.0 Å². The molecule has 1 aromatic heterocycles. The summed E-state index contributed by atoms with van der Waals surface area (Å²) in [6.45, 7) is 6.42. The maximum atomic E-state index is 12.1. The van der Waals surface area contributed by atoms with Gasteiger partial charge in [-0.3, -0.25) is 0 Å². The number of imidazole rings is 1. The smallest absolute Gasteiger partial charge is 0.342 e. The van der Waals surface area contributed by atoms with Crippen molar-refractivity contribution in [3.8, 4) is 11.5 Å². The molecule has 6 nitrogen and oxygen atoms in total. The second kappa shape index (κ2) is 11.8. The summed E-state index contributed by atoms with van der Waals surface area (Å²) in [6, 6.07) is 18.7. The lowest BCUT2D eigenvalue weighted by Gasteiger charge is -2.17. The molecule has 4 aromatic rings. The number of aromatic nitrogens is 2. The highest BCUT2D eigenvalue weighted by atomic mass is 35.5. The first-order valence-corrected chi connectivity index (χ1v) is 12.5. The Labute approximate surface area is 218 Å². The van der Waals surface area contributed by atoms with E-state index in [9.17, 15) is 9.90 Å². The molecule has 4 rings (SSSR count). The van der Waals surface area contributed by atoms with Crippen molar-refractivity contribution in [3.05, 3.63) is 99.9 Å². The molecule has 36 heavy (non-hydrogen) atoms. The van der Waals surface area contributed by atoms with Gasteiger partial charge in [0.15, 0.2) is 16.7 Å². The van der Waals surface area contributed by atoms with Crippen LogP contribution in [0, 0.1) is 0 Å². The third kappa shape index (κ3) is 6.11. The minimum Gasteiger partial charge on any atom is -0.490 e. The molecule has 0 spiro atoms. The van der Waals surface area contributed by atoms with Crippen molar-refractivity contribution < 1.29 is 19.4 Å². The zero-order valence-corrected chi connectivity index (χ0v) is 21.2. The normalized spacial score (nSPS) is 11.4. The predicted molar refractivity (Wildman–Crippen MR) is 145 cm³/mol. The number of carbonyl (C=O) groups is 1. The van der Waals surface area contributed by atoms with E-state index in [0.29, 0.717) is 40.3 Å². The van der Waals surface area contributed by atoms with E-state index >= 15 is 0 Å². The van der Waals surface area contributed by atoms with Crippen molar-refractivity contribution in [2.75, 3.05) is 6.61 Å². The van der Waals surface area contributed by atoms with Gasteiger partial charge < -0.3 is 19.6 Å². The van der Waals surface area contributed by atoms with Crippen LogP contribution in [0.1, 0.15) is 23.6 Å². The van der Waals surface area contributed by atoms with E-state index < -0.39 is 5.97 Å². The fraction of sp³-hybridized carbons (Fsp3) is 0.143. The van der Waals surface area contributed by atoms with Gasteiger partial charge >= 0.3 is 5.97 Å². The summed E-state index contributed by atoms with van der Waals surface area (Å²) in [4.78, 5) is 19.8. The number of rotatable bonds is 11. The highest BCUT2D eigenvalue weighted by Gasteiger charge is 2.17. The summed E-state index contributed by atoms with van der Waals surface area (Å²) >= 11 is 7.35. The first kappa shape index (κ1) is 25.4. The van der Waals surface area contributed by atoms with Crippen LogP contribution in [0.4, 0.5) is 0 Å². The van der Waals surface area contributed by atoms with Crippen molar-refractivity contribution in [2.45, 2.75) is 25.1 Å². The third-order valence-electron chi connectivity index (χ3n) is 5.23. The predicted octanol–water partition coefficient (Wildman–Crippen LogP) is 7.14. The van der Waals surface area contributed by atoms with E-state index in [1.807, 2.05) is 61.5 Å². The lowest BCUT2D eigenvalue weighted by atomic mass is 10.0. The average Bonchev–Trinajstić information content (AvgIpc) is 3.27. The molecular weight excluding hydrogens is 496 g/mol. The van der Waals surface area contributed by atoms with Crippen LogP contribution in [0.5, 0.6) is 11.5 Å². The molecule has 0 amide bonds. The molecule has 2 N–H and O–H groups in total. The zero-order valence-electron chi connectivity index (χ0n) is 19.7. The Kier molecular flexibility index (Phi) is 8.36. The number of benzene rings is 3. The summed E-state index contributed by atoms with van der Waals surface area (Å²) in [7, 11) is 0. The largest absolute Gasteiger partial charge is 0.490 e. The van der Waals surface area contributed by atoms with Crippen LogP contribution < -0.4 is 9.47 Å². The number of carboxylic acids is 1. The molecule has 0 aliphatic heterocycles. The van der Waals surface area contributed by atoms with E-state index in [4.69, 9.17) is 21.1 Å². The SMILES string of the molecule is C=CCc1cc(/C=C(/Sc2nc3ccccc3[nH]2)C(=O)O)cc(OCC)c1OCc1ccccc1Cl. The summed E-state index contributed by atoms with van der Waals surface area (Å²) < 4.78 is 12.1. The molecule has 0 saturated heterocycles. The summed E-state index contributed by atoms with van der Waals surface area (Å²) in [6.07, 6.45) is 3.88. The highest BCUT2D eigenvalue weighted by molar-refractivity contribution is 8.04. The molecule has 0 radical (unpaired) electrons. The first-order chi connectivity index (χ1) is 17.5. The lowest BCUT2D eigenvalue weighted by Crippen LogP contribution is -2.04. The lowest BCUT2D eigenvalue weighted by molar-refractivity contribution is -0.131. The number of thioether (sulfide) groups is 1. The minimum absolute atomic E-state index is 0.116.